The third-order valence-corrected chi connectivity index (χ3v) is 2.31. The van der Waals surface area contributed by atoms with Crippen LogP contribution in [0.25, 0.3) is 0 Å². The second-order valence-electron chi connectivity index (χ2n) is 3.57. The van der Waals surface area contributed by atoms with E-state index in [4.69, 9.17) is 19.3 Å². The average Bonchev–Trinajstić information content (AvgIpc) is 2.38. The minimum absolute atomic E-state index is 0.00835. The van der Waals surface area contributed by atoms with Crippen LogP contribution in [0.4, 0.5) is 0 Å². The summed E-state index contributed by atoms with van der Waals surface area (Å²) in [5.74, 6) is 0.784. The molecule has 2 rings (SSSR count). The second kappa shape index (κ2) is 5.54. The highest BCUT2D eigenvalue weighted by Crippen LogP contribution is 2.30. The van der Waals surface area contributed by atoms with Gasteiger partial charge in [-0.2, -0.15) is 0 Å². The second-order valence-corrected chi connectivity index (χ2v) is 3.57. The van der Waals surface area contributed by atoms with E-state index >= 15 is 0 Å². The van der Waals surface area contributed by atoms with Crippen molar-refractivity contribution in [2.45, 2.75) is 6.42 Å². The summed E-state index contributed by atoms with van der Waals surface area (Å²) in [6.07, 6.45) is 0.441. The molecule has 1 aliphatic rings. The third-order valence-electron chi connectivity index (χ3n) is 2.31. The van der Waals surface area contributed by atoms with Crippen molar-refractivity contribution in [3.63, 3.8) is 0 Å². The molecular weight excluding hydrogens is 224 g/mol. The fourth-order valence-electron chi connectivity index (χ4n) is 1.48. The Hall–Kier alpha value is -1.75. The van der Waals surface area contributed by atoms with Crippen LogP contribution in [0.5, 0.6) is 11.5 Å². The van der Waals surface area contributed by atoms with Gasteiger partial charge >= 0.3 is 5.97 Å². The van der Waals surface area contributed by atoms with E-state index in [-0.39, 0.29) is 13.2 Å². The van der Waals surface area contributed by atoms with Crippen molar-refractivity contribution >= 4 is 5.97 Å². The lowest BCUT2D eigenvalue weighted by atomic mass is 10.2. The highest BCUT2D eigenvalue weighted by molar-refractivity contribution is 5.90. The molecule has 1 aromatic carbocycles. The van der Waals surface area contributed by atoms with E-state index in [1.54, 1.807) is 18.2 Å². The molecule has 0 saturated heterocycles. The van der Waals surface area contributed by atoms with E-state index in [9.17, 15) is 4.79 Å². The zero-order valence-electron chi connectivity index (χ0n) is 9.35. The summed E-state index contributed by atoms with van der Waals surface area (Å²) in [7, 11) is 0. The standard InChI is InChI=1S/C12H14O5/c13-4-1-5-17-12(14)9-2-3-10-11(8-9)16-7-6-15-10/h2-3,8,13H,1,4-7H2. The first-order valence-corrected chi connectivity index (χ1v) is 5.49. The third kappa shape index (κ3) is 2.88. The van der Waals surface area contributed by atoms with Crippen LogP contribution in [0.3, 0.4) is 0 Å². The normalized spacial score (nSPS) is 13.2. The fraction of sp³-hybridized carbons (Fsp3) is 0.417. The molecule has 0 aliphatic carbocycles. The molecule has 0 spiro atoms. The molecule has 1 N–H and O–H groups in total. The summed E-state index contributed by atoms with van der Waals surface area (Å²) in [6, 6.07) is 4.93. The van der Waals surface area contributed by atoms with Gasteiger partial charge in [0.2, 0.25) is 0 Å². The largest absolute Gasteiger partial charge is 0.486 e. The number of hydrogen-bond donors (Lipinski definition) is 1. The highest BCUT2D eigenvalue weighted by atomic mass is 16.6. The molecule has 1 aromatic rings. The lowest BCUT2D eigenvalue weighted by molar-refractivity contribution is 0.0481. The van der Waals surface area contributed by atoms with Crippen LogP contribution in [-0.4, -0.2) is 37.5 Å². The summed E-state index contributed by atoms with van der Waals surface area (Å²) in [5, 5.41) is 8.58. The monoisotopic (exact) mass is 238 g/mol. The number of esters is 1. The van der Waals surface area contributed by atoms with Crippen LogP contribution < -0.4 is 9.47 Å². The van der Waals surface area contributed by atoms with Crippen molar-refractivity contribution in [1.29, 1.82) is 0 Å². The van der Waals surface area contributed by atoms with E-state index in [0.29, 0.717) is 36.7 Å². The summed E-state index contributed by atoms with van der Waals surface area (Å²) in [6.45, 7) is 1.22. The molecule has 0 fully saturated rings. The van der Waals surface area contributed by atoms with Gasteiger partial charge in [0.1, 0.15) is 13.2 Å². The van der Waals surface area contributed by atoms with Crippen LogP contribution in [-0.2, 0) is 4.74 Å². The van der Waals surface area contributed by atoms with Gasteiger partial charge in [0.25, 0.3) is 0 Å². The molecule has 0 aromatic heterocycles. The molecule has 0 radical (unpaired) electrons. The SMILES string of the molecule is O=C(OCCCO)c1ccc2c(c1)OCCO2. The van der Waals surface area contributed by atoms with E-state index in [2.05, 4.69) is 0 Å². The lowest BCUT2D eigenvalue weighted by Crippen LogP contribution is -2.16. The number of rotatable bonds is 4. The van der Waals surface area contributed by atoms with Gasteiger partial charge in [-0.3, -0.25) is 0 Å². The molecule has 0 amide bonds. The van der Waals surface area contributed by atoms with Crippen LogP contribution in [0.2, 0.25) is 0 Å². The summed E-state index contributed by atoms with van der Waals surface area (Å²) in [5.41, 5.74) is 0.423. The maximum atomic E-state index is 11.6. The van der Waals surface area contributed by atoms with Crippen molar-refractivity contribution < 1.29 is 24.1 Å². The Balaban J connectivity index is 2.03. The first-order valence-electron chi connectivity index (χ1n) is 5.49. The molecule has 5 nitrogen and oxygen atoms in total. The first kappa shape index (κ1) is 11.7. The smallest absolute Gasteiger partial charge is 0.338 e. The van der Waals surface area contributed by atoms with Gasteiger partial charge in [-0.25, -0.2) is 4.79 Å². The molecule has 0 saturated carbocycles. The van der Waals surface area contributed by atoms with Crippen molar-refractivity contribution in [2.24, 2.45) is 0 Å². The number of fused-ring (bicyclic) bond motifs is 1. The lowest BCUT2D eigenvalue weighted by Gasteiger charge is -2.18. The van der Waals surface area contributed by atoms with Crippen LogP contribution in [0, 0.1) is 0 Å². The number of carbonyl (C=O) groups excluding carboxylic acids is 1. The van der Waals surface area contributed by atoms with Crippen LogP contribution in [0.1, 0.15) is 16.8 Å². The Morgan fingerprint density at radius 2 is 2.06 bits per heavy atom. The van der Waals surface area contributed by atoms with Gasteiger partial charge in [-0.05, 0) is 18.2 Å². The zero-order valence-corrected chi connectivity index (χ0v) is 9.35. The van der Waals surface area contributed by atoms with Crippen molar-refractivity contribution in [1.82, 2.24) is 0 Å². The Morgan fingerprint density at radius 1 is 1.29 bits per heavy atom. The molecular formula is C12H14O5. The Morgan fingerprint density at radius 3 is 2.82 bits per heavy atom. The number of carbonyl (C=O) groups is 1. The van der Waals surface area contributed by atoms with E-state index in [1.807, 2.05) is 0 Å². The van der Waals surface area contributed by atoms with Gasteiger partial charge in [0.15, 0.2) is 11.5 Å². The first-order chi connectivity index (χ1) is 8.31. The van der Waals surface area contributed by atoms with Gasteiger partial charge in [-0.1, -0.05) is 0 Å². The van der Waals surface area contributed by atoms with E-state index in [0.717, 1.165) is 0 Å². The molecule has 1 aliphatic heterocycles. The number of ether oxygens (including phenoxy) is 3. The topological polar surface area (TPSA) is 65.0 Å². The predicted octanol–water partition coefficient (Wildman–Crippen LogP) is 0.997. The molecule has 17 heavy (non-hydrogen) atoms. The van der Waals surface area contributed by atoms with Crippen molar-refractivity contribution in [3.8, 4) is 11.5 Å². The summed E-state index contributed by atoms with van der Waals surface area (Å²) in [4.78, 5) is 11.6. The van der Waals surface area contributed by atoms with Gasteiger partial charge < -0.3 is 19.3 Å². The fourth-order valence-corrected chi connectivity index (χ4v) is 1.48. The summed E-state index contributed by atoms with van der Waals surface area (Å²) >= 11 is 0. The number of aliphatic hydroxyl groups is 1. The van der Waals surface area contributed by atoms with Crippen molar-refractivity contribution in [3.05, 3.63) is 23.8 Å². The minimum Gasteiger partial charge on any atom is -0.486 e. The quantitative estimate of drug-likeness (QED) is 0.626. The molecule has 5 heteroatoms. The molecule has 1 heterocycles. The van der Waals surface area contributed by atoms with E-state index < -0.39 is 5.97 Å². The Labute approximate surface area is 98.9 Å². The van der Waals surface area contributed by atoms with Crippen molar-refractivity contribution in [2.75, 3.05) is 26.4 Å². The Kier molecular flexibility index (Phi) is 3.82. The number of aliphatic hydroxyl groups excluding tert-OH is 1. The maximum absolute atomic E-state index is 11.6. The van der Waals surface area contributed by atoms with Crippen LogP contribution >= 0.6 is 0 Å². The van der Waals surface area contributed by atoms with Gasteiger partial charge in [-0.15, -0.1) is 0 Å². The van der Waals surface area contributed by atoms with Gasteiger partial charge in [0.05, 0.1) is 12.2 Å². The van der Waals surface area contributed by atoms with E-state index in [1.165, 1.54) is 0 Å². The molecule has 92 valence electrons. The predicted molar refractivity (Wildman–Crippen MR) is 59.4 cm³/mol. The zero-order chi connectivity index (χ0) is 12.1. The Bertz CT molecular complexity index is 402. The molecule has 0 bridgehead atoms. The molecule has 0 atom stereocenters. The highest BCUT2D eigenvalue weighted by Gasteiger charge is 2.15. The average molecular weight is 238 g/mol. The number of benzene rings is 1. The summed E-state index contributed by atoms with van der Waals surface area (Å²) < 4.78 is 15.7. The maximum Gasteiger partial charge on any atom is 0.338 e. The molecule has 0 unspecified atom stereocenters. The minimum atomic E-state index is -0.421. The van der Waals surface area contributed by atoms with Gasteiger partial charge in [0, 0.05) is 13.0 Å². The number of hydrogen-bond acceptors (Lipinski definition) is 5. The van der Waals surface area contributed by atoms with Crippen LogP contribution in [0.15, 0.2) is 18.2 Å².